The number of nitrogens with one attached hydrogen (secondary N) is 1. The average molecular weight is 220 g/mol. The maximum absolute atomic E-state index is 8.52. The lowest BCUT2D eigenvalue weighted by atomic mass is 9.88. The van der Waals surface area contributed by atoms with Crippen LogP contribution in [0.4, 0.5) is 0 Å². The van der Waals surface area contributed by atoms with Gasteiger partial charge in [-0.2, -0.15) is 0 Å². The van der Waals surface area contributed by atoms with E-state index in [0.717, 1.165) is 13.0 Å². The first-order chi connectivity index (χ1) is 6.40. The molecule has 0 saturated carbocycles. The molecular weight excluding hydrogens is 202 g/mol. The number of hydrogen-bond acceptors (Lipinski definition) is 3. The van der Waals surface area contributed by atoms with Crippen LogP contribution in [0.25, 0.3) is 0 Å². The van der Waals surface area contributed by atoms with Gasteiger partial charge in [0.15, 0.2) is 0 Å². The molecule has 0 aliphatic heterocycles. The standard InChI is InChI=1S/C9H18ClN3O/c1-7(10)6-12-5-4-9(2,3)8(11)13-14/h12,14H,1,4-6H2,2-3H3,(H2,11,13). The Morgan fingerprint density at radius 2 is 2.21 bits per heavy atom. The van der Waals surface area contributed by atoms with Gasteiger partial charge in [-0.25, -0.2) is 0 Å². The summed E-state index contributed by atoms with van der Waals surface area (Å²) in [6.07, 6.45) is 0.771. The van der Waals surface area contributed by atoms with Crippen LogP contribution in [0.1, 0.15) is 20.3 Å². The lowest BCUT2D eigenvalue weighted by Gasteiger charge is -2.22. The third-order valence-corrected chi connectivity index (χ3v) is 2.18. The van der Waals surface area contributed by atoms with E-state index < -0.39 is 0 Å². The molecule has 0 aromatic heterocycles. The summed E-state index contributed by atoms with van der Waals surface area (Å²) in [6.45, 7) is 8.71. The third kappa shape index (κ3) is 5.09. The van der Waals surface area contributed by atoms with Crippen molar-refractivity contribution in [2.45, 2.75) is 20.3 Å². The summed E-state index contributed by atoms with van der Waals surface area (Å²) in [6, 6.07) is 0. The Bertz CT molecular complexity index is 226. The molecule has 5 heteroatoms. The fraction of sp³-hybridized carbons (Fsp3) is 0.667. The van der Waals surface area contributed by atoms with E-state index in [2.05, 4.69) is 17.1 Å². The van der Waals surface area contributed by atoms with Crippen LogP contribution in [0.3, 0.4) is 0 Å². The molecule has 0 atom stereocenters. The Balaban J connectivity index is 3.83. The fourth-order valence-electron chi connectivity index (χ4n) is 0.888. The molecule has 82 valence electrons. The monoisotopic (exact) mass is 219 g/mol. The molecule has 0 aromatic rings. The van der Waals surface area contributed by atoms with Gasteiger partial charge in [-0.15, -0.1) is 0 Å². The van der Waals surface area contributed by atoms with Crippen LogP contribution in [-0.2, 0) is 0 Å². The van der Waals surface area contributed by atoms with Gasteiger partial charge in [0, 0.05) is 17.0 Å². The van der Waals surface area contributed by atoms with Gasteiger partial charge in [0.1, 0.15) is 5.84 Å². The largest absolute Gasteiger partial charge is 0.409 e. The van der Waals surface area contributed by atoms with Crippen LogP contribution < -0.4 is 11.1 Å². The maximum Gasteiger partial charge on any atom is 0.144 e. The lowest BCUT2D eigenvalue weighted by Crippen LogP contribution is -2.35. The number of hydrogen-bond donors (Lipinski definition) is 3. The molecule has 0 bridgehead atoms. The average Bonchev–Trinajstić information content (AvgIpc) is 2.10. The molecule has 0 aromatic carbocycles. The summed E-state index contributed by atoms with van der Waals surface area (Å²) in [7, 11) is 0. The maximum atomic E-state index is 8.52. The van der Waals surface area contributed by atoms with E-state index in [0.29, 0.717) is 11.6 Å². The zero-order valence-corrected chi connectivity index (χ0v) is 9.43. The highest BCUT2D eigenvalue weighted by Gasteiger charge is 2.22. The SMILES string of the molecule is C=C(Cl)CNCCC(C)(C)C(N)=NO. The molecule has 4 N–H and O–H groups in total. The molecular formula is C9H18ClN3O. The summed E-state index contributed by atoms with van der Waals surface area (Å²) in [4.78, 5) is 0. The number of halogens is 1. The minimum Gasteiger partial charge on any atom is -0.409 e. The van der Waals surface area contributed by atoms with Gasteiger partial charge in [0.2, 0.25) is 0 Å². The van der Waals surface area contributed by atoms with Crippen LogP contribution in [0, 0.1) is 5.41 Å². The molecule has 0 amide bonds. The van der Waals surface area contributed by atoms with E-state index >= 15 is 0 Å². The van der Waals surface area contributed by atoms with Gasteiger partial charge >= 0.3 is 0 Å². The number of amidine groups is 1. The number of rotatable bonds is 6. The van der Waals surface area contributed by atoms with E-state index in [4.69, 9.17) is 22.5 Å². The Morgan fingerprint density at radius 3 is 2.64 bits per heavy atom. The topological polar surface area (TPSA) is 70.6 Å². The van der Waals surface area contributed by atoms with Crippen molar-refractivity contribution in [1.29, 1.82) is 0 Å². The second-order valence-electron chi connectivity index (χ2n) is 3.81. The van der Waals surface area contributed by atoms with E-state index in [1.165, 1.54) is 0 Å². The Labute approximate surface area is 89.8 Å². The van der Waals surface area contributed by atoms with Gasteiger partial charge < -0.3 is 16.3 Å². The fourth-order valence-corrected chi connectivity index (χ4v) is 0.983. The predicted octanol–water partition coefficient (Wildman–Crippen LogP) is 1.49. The minimum absolute atomic E-state index is 0.240. The van der Waals surface area contributed by atoms with Crippen LogP contribution in [0.5, 0.6) is 0 Å². The minimum atomic E-state index is -0.310. The highest BCUT2D eigenvalue weighted by atomic mass is 35.5. The summed E-state index contributed by atoms with van der Waals surface area (Å²) in [5, 5.41) is 15.2. The molecule has 0 radical (unpaired) electrons. The third-order valence-electron chi connectivity index (χ3n) is 2.04. The second kappa shape index (κ2) is 5.88. The van der Waals surface area contributed by atoms with E-state index in [-0.39, 0.29) is 11.3 Å². The molecule has 0 aliphatic rings. The molecule has 0 saturated heterocycles. The number of nitrogens with two attached hydrogens (primary N) is 1. The van der Waals surface area contributed by atoms with E-state index in [9.17, 15) is 0 Å². The Hall–Kier alpha value is -0.740. The first kappa shape index (κ1) is 13.3. The zero-order valence-electron chi connectivity index (χ0n) is 8.68. The molecule has 0 aliphatic carbocycles. The van der Waals surface area contributed by atoms with Gasteiger partial charge in [-0.1, -0.05) is 37.2 Å². The van der Waals surface area contributed by atoms with Crippen molar-refractivity contribution >= 4 is 17.4 Å². The molecule has 14 heavy (non-hydrogen) atoms. The van der Waals surface area contributed by atoms with Crippen molar-refractivity contribution in [3.05, 3.63) is 11.6 Å². The number of nitrogens with zero attached hydrogens (tertiary/aromatic N) is 1. The van der Waals surface area contributed by atoms with Crippen LogP contribution in [0.2, 0.25) is 0 Å². The Morgan fingerprint density at radius 1 is 1.64 bits per heavy atom. The highest BCUT2D eigenvalue weighted by molar-refractivity contribution is 6.29. The van der Waals surface area contributed by atoms with Gasteiger partial charge in [0.05, 0.1) is 0 Å². The van der Waals surface area contributed by atoms with Crippen molar-refractivity contribution in [3.63, 3.8) is 0 Å². The van der Waals surface area contributed by atoms with Gasteiger partial charge in [-0.3, -0.25) is 0 Å². The van der Waals surface area contributed by atoms with E-state index in [1.54, 1.807) is 0 Å². The summed E-state index contributed by atoms with van der Waals surface area (Å²) in [5.41, 5.74) is 5.21. The zero-order chi connectivity index (χ0) is 11.2. The van der Waals surface area contributed by atoms with Crippen molar-refractivity contribution in [2.75, 3.05) is 13.1 Å². The summed E-state index contributed by atoms with van der Waals surface area (Å²) < 4.78 is 0. The molecule has 0 rings (SSSR count). The Kier molecular flexibility index (Phi) is 5.57. The molecule has 4 nitrogen and oxygen atoms in total. The normalized spacial score (nSPS) is 12.9. The first-order valence-corrected chi connectivity index (χ1v) is 4.80. The summed E-state index contributed by atoms with van der Waals surface area (Å²) >= 11 is 5.57. The van der Waals surface area contributed by atoms with Crippen LogP contribution in [-0.4, -0.2) is 24.1 Å². The van der Waals surface area contributed by atoms with Crippen LogP contribution >= 0.6 is 11.6 Å². The molecule has 0 spiro atoms. The van der Waals surface area contributed by atoms with Gasteiger partial charge in [0.25, 0.3) is 0 Å². The smallest absolute Gasteiger partial charge is 0.144 e. The predicted molar refractivity (Wildman–Crippen MR) is 59.7 cm³/mol. The van der Waals surface area contributed by atoms with Crippen LogP contribution in [0.15, 0.2) is 16.8 Å². The quantitative estimate of drug-likeness (QED) is 0.208. The molecule has 0 heterocycles. The van der Waals surface area contributed by atoms with Gasteiger partial charge in [-0.05, 0) is 13.0 Å². The summed E-state index contributed by atoms with van der Waals surface area (Å²) in [5.74, 6) is 0.240. The second-order valence-corrected chi connectivity index (χ2v) is 4.35. The first-order valence-electron chi connectivity index (χ1n) is 4.42. The van der Waals surface area contributed by atoms with Crippen molar-refractivity contribution in [3.8, 4) is 0 Å². The highest BCUT2D eigenvalue weighted by Crippen LogP contribution is 2.19. The lowest BCUT2D eigenvalue weighted by molar-refractivity contribution is 0.305. The van der Waals surface area contributed by atoms with E-state index in [1.807, 2.05) is 13.8 Å². The molecule has 0 unspecified atom stereocenters. The van der Waals surface area contributed by atoms with Crippen molar-refractivity contribution < 1.29 is 5.21 Å². The van der Waals surface area contributed by atoms with Crippen molar-refractivity contribution in [1.82, 2.24) is 5.32 Å². The van der Waals surface area contributed by atoms with Crippen molar-refractivity contribution in [2.24, 2.45) is 16.3 Å². The molecule has 0 fully saturated rings. The number of oxime groups is 1.